The minimum absolute atomic E-state index is 0.0807. The Labute approximate surface area is 158 Å². The van der Waals surface area contributed by atoms with Crippen molar-refractivity contribution in [3.8, 4) is 11.3 Å². The largest absolute Gasteiger partial charge is 0.416 e. The molecular formula is C19H15ClF3N3O. The van der Waals surface area contributed by atoms with Crippen molar-refractivity contribution in [3.05, 3.63) is 70.4 Å². The number of carbonyl (C=O) groups is 1. The van der Waals surface area contributed by atoms with Gasteiger partial charge in [-0.25, -0.2) is 0 Å². The molecule has 0 fully saturated rings. The summed E-state index contributed by atoms with van der Waals surface area (Å²) in [6.07, 6.45) is -2.71. The van der Waals surface area contributed by atoms with Crippen molar-refractivity contribution < 1.29 is 18.0 Å². The molecule has 27 heavy (non-hydrogen) atoms. The van der Waals surface area contributed by atoms with Crippen LogP contribution >= 0.6 is 11.6 Å². The van der Waals surface area contributed by atoms with E-state index < -0.39 is 11.7 Å². The van der Waals surface area contributed by atoms with Crippen LogP contribution in [-0.2, 0) is 12.7 Å². The van der Waals surface area contributed by atoms with E-state index in [-0.39, 0.29) is 5.78 Å². The second-order valence-corrected chi connectivity index (χ2v) is 6.35. The molecule has 1 aromatic heterocycles. The van der Waals surface area contributed by atoms with Gasteiger partial charge in [0.1, 0.15) is 0 Å². The lowest BCUT2D eigenvalue weighted by atomic mass is 10.1. The molecule has 0 atom stereocenters. The van der Waals surface area contributed by atoms with Crippen molar-refractivity contribution in [1.29, 1.82) is 0 Å². The van der Waals surface area contributed by atoms with Crippen LogP contribution in [0.4, 0.5) is 18.9 Å². The van der Waals surface area contributed by atoms with Gasteiger partial charge in [-0.1, -0.05) is 23.7 Å². The van der Waals surface area contributed by atoms with Gasteiger partial charge in [0.25, 0.3) is 0 Å². The number of H-pyrrole nitrogens is 1. The normalized spacial score (nSPS) is 11.4. The second kappa shape index (κ2) is 7.44. The third-order valence-electron chi connectivity index (χ3n) is 4.05. The molecule has 1 heterocycles. The summed E-state index contributed by atoms with van der Waals surface area (Å²) >= 11 is 6.19. The van der Waals surface area contributed by atoms with Crippen molar-refractivity contribution in [2.45, 2.75) is 19.6 Å². The first-order valence-electron chi connectivity index (χ1n) is 8.00. The number of ketones is 1. The fraction of sp³-hybridized carbons (Fsp3) is 0.158. The molecule has 3 rings (SSSR count). The fourth-order valence-corrected chi connectivity index (χ4v) is 2.83. The minimum atomic E-state index is -4.38. The van der Waals surface area contributed by atoms with E-state index in [0.29, 0.717) is 34.1 Å². The zero-order valence-electron chi connectivity index (χ0n) is 14.2. The molecule has 140 valence electrons. The lowest BCUT2D eigenvalue weighted by Gasteiger charge is -2.10. The molecule has 0 spiro atoms. The number of benzene rings is 2. The Kier molecular flexibility index (Phi) is 5.23. The predicted molar refractivity (Wildman–Crippen MR) is 97.8 cm³/mol. The van der Waals surface area contributed by atoms with Crippen LogP contribution in [0.2, 0.25) is 5.02 Å². The van der Waals surface area contributed by atoms with E-state index in [4.69, 9.17) is 11.6 Å². The second-order valence-electron chi connectivity index (χ2n) is 5.94. The minimum Gasteiger partial charge on any atom is -0.380 e. The molecular weight excluding hydrogens is 379 g/mol. The molecule has 0 saturated carbocycles. The molecule has 0 unspecified atom stereocenters. The lowest BCUT2D eigenvalue weighted by molar-refractivity contribution is -0.137. The summed E-state index contributed by atoms with van der Waals surface area (Å²) in [6, 6.07) is 9.78. The summed E-state index contributed by atoms with van der Waals surface area (Å²) in [6.45, 7) is 1.81. The molecule has 2 aromatic carbocycles. The number of aromatic nitrogens is 2. The Morgan fingerprint density at radius 3 is 2.48 bits per heavy atom. The molecule has 0 aliphatic carbocycles. The summed E-state index contributed by atoms with van der Waals surface area (Å²) in [4.78, 5) is 11.4. The van der Waals surface area contributed by atoms with Crippen LogP contribution in [0.25, 0.3) is 11.3 Å². The van der Waals surface area contributed by atoms with Crippen molar-refractivity contribution in [1.82, 2.24) is 10.2 Å². The average Bonchev–Trinajstić information content (AvgIpc) is 3.08. The molecule has 0 saturated heterocycles. The smallest absolute Gasteiger partial charge is 0.380 e. The van der Waals surface area contributed by atoms with E-state index in [2.05, 4.69) is 15.5 Å². The fourth-order valence-electron chi connectivity index (χ4n) is 2.58. The molecule has 4 nitrogen and oxygen atoms in total. The zero-order chi connectivity index (χ0) is 19.6. The lowest BCUT2D eigenvalue weighted by Crippen LogP contribution is -2.04. The molecule has 0 bridgehead atoms. The molecule has 0 aliphatic heterocycles. The van der Waals surface area contributed by atoms with Crippen LogP contribution in [0.5, 0.6) is 0 Å². The van der Waals surface area contributed by atoms with E-state index in [1.807, 2.05) is 0 Å². The van der Waals surface area contributed by atoms with Gasteiger partial charge >= 0.3 is 6.18 Å². The summed E-state index contributed by atoms with van der Waals surface area (Å²) in [5.74, 6) is -0.0807. The maximum atomic E-state index is 12.7. The average molecular weight is 394 g/mol. The number of carbonyl (C=O) groups excluding carboxylic acids is 1. The topological polar surface area (TPSA) is 57.8 Å². The molecule has 8 heteroatoms. The molecule has 3 aromatic rings. The number of rotatable bonds is 5. The van der Waals surface area contributed by atoms with Crippen LogP contribution < -0.4 is 5.32 Å². The van der Waals surface area contributed by atoms with Crippen LogP contribution in [0.15, 0.2) is 48.7 Å². The number of Topliss-reactive ketones (excluding diaryl/α,β-unsaturated/α-hetero) is 1. The Morgan fingerprint density at radius 1 is 1.19 bits per heavy atom. The summed E-state index contributed by atoms with van der Waals surface area (Å²) in [5.41, 5.74) is 2.33. The van der Waals surface area contributed by atoms with Crippen LogP contribution in [0, 0.1) is 0 Å². The number of nitrogens with one attached hydrogen (secondary N) is 2. The first-order chi connectivity index (χ1) is 12.8. The van der Waals surface area contributed by atoms with Gasteiger partial charge in [-0.2, -0.15) is 18.3 Å². The third kappa shape index (κ3) is 4.31. The third-order valence-corrected chi connectivity index (χ3v) is 4.36. The molecule has 2 N–H and O–H groups in total. The highest BCUT2D eigenvalue weighted by atomic mass is 35.5. The predicted octanol–water partition coefficient (Wildman–Crippen LogP) is 5.56. The van der Waals surface area contributed by atoms with Crippen molar-refractivity contribution in [2.24, 2.45) is 0 Å². The molecule has 0 radical (unpaired) electrons. The number of hydrogen-bond acceptors (Lipinski definition) is 3. The van der Waals surface area contributed by atoms with E-state index in [9.17, 15) is 18.0 Å². The van der Waals surface area contributed by atoms with Gasteiger partial charge in [-0.3, -0.25) is 9.89 Å². The standard InChI is InChI=1S/C19H15ClF3N3O/c1-11(27)13-4-7-17(16(20)8-13)24-9-14-10-25-26-18(14)12-2-5-15(6-3-12)19(21,22)23/h2-8,10,24H,9H2,1H3,(H,25,26). The Morgan fingerprint density at radius 2 is 1.89 bits per heavy atom. The maximum absolute atomic E-state index is 12.7. The zero-order valence-corrected chi connectivity index (χ0v) is 14.9. The van der Waals surface area contributed by atoms with Crippen molar-refractivity contribution in [3.63, 3.8) is 0 Å². The van der Waals surface area contributed by atoms with Gasteiger partial charge in [0.2, 0.25) is 0 Å². The Hall–Kier alpha value is -2.80. The molecule has 0 aliphatic rings. The highest BCUT2D eigenvalue weighted by Crippen LogP contribution is 2.31. The van der Waals surface area contributed by atoms with Gasteiger partial charge in [0.05, 0.1) is 22.0 Å². The first kappa shape index (κ1) is 19.0. The van der Waals surface area contributed by atoms with Crippen LogP contribution in [-0.4, -0.2) is 16.0 Å². The Bertz CT molecular complexity index is 965. The van der Waals surface area contributed by atoms with E-state index >= 15 is 0 Å². The van der Waals surface area contributed by atoms with Crippen LogP contribution in [0.3, 0.4) is 0 Å². The molecule has 0 amide bonds. The number of hydrogen-bond donors (Lipinski definition) is 2. The van der Waals surface area contributed by atoms with Crippen molar-refractivity contribution >= 4 is 23.1 Å². The Balaban J connectivity index is 1.77. The van der Waals surface area contributed by atoms with Gasteiger partial charge in [-0.15, -0.1) is 0 Å². The SMILES string of the molecule is CC(=O)c1ccc(NCc2c[nH]nc2-c2ccc(C(F)(F)F)cc2)c(Cl)c1. The maximum Gasteiger partial charge on any atom is 0.416 e. The van der Waals surface area contributed by atoms with Gasteiger partial charge in [0.15, 0.2) is 5.78 Å². The summed E-state index contributed by atoms with van der Waals surface area (Å²) < 4.78 is 38.1. The number of aromatic amines is 1. The number of anilines is 1. The van der Waals surface area contributed by atoms with Crippen molar-refractivity contribution in [2.75, 3.05) is 5.32 Å². The quantitative estimate of drug-likeness (QED) is 0.557. The number of nitrogens with zero attached hydrogens (tertiary/aromatic N) is 1. The number of alkyl halides is 3. The highest BCUT2D eigenvalue weighted by molar-refractivity contribution is 6.33. The summed E-state index contributed by atoms with van der Waals surface area (Å²) in [5, 5.41) is 10.4. The monoisotopic (exact) mass is 393 g/mol. The highest BCUT2D eigenvalue weighted by Gasteiger charge is 2.30. The van der Waals surface area contributed by atoms with E-state index in [1.54, 1.807) is 24.4 Å². The van der Waals surface area contributed by atoms with E-state index in [1.165, 1.54) is 19.1 Å². The van der Waals surface area contributed by atoms with Crippen LogP contribution in [0.1, 0.15) is 28.4 Å². The number of halogens is 4. The van der Waals surface area contributed by atoms with Gasteiger partial charge in [-0.05, 0) is 37.3 Å². The van der Waals surface area contributed by atoms with E-state index in [0.717, 1.165) is 17.7 Å². The van der Waals surface area contributed by atoms with Gasteiger partial charge in [0, 0.05) is 29.4 Å². The van der Waals surface area contributed by atoms with Gasteiger partial charge < -0.3 is 5.32 Å². The first-order valence-corrected chi connectivity index (χ1v) is 8.38. The summed E-state index contributed by atoms with van der Waals surface area (Å²) in [7, 11) is 0.